The highest BCUT2D eigenvalue weighted by Gasteiger charge is 2.25. The number of carbonyl (C=O) groups is 2. The Hall–Kier alpha value is -3.12. The van der Waals surface area contributed by atoms with E-state index in [2.05, 4.69) is 5.32 Å². The lowest BCUT2D eigenvalue weighted by molar-refractivity contribution is -0.115. The lowest BCUT2D eigenvalue weighted by Crippen LogP contribution is -2.28. The maximum absolute atomic E-state index is 12.9. The van der Waals surface area contributed by atoms with Crippen LogP contribution in [0.15, 0.2) is 66.9 Å². The van der Waals surface area contributed by atoms with E-state index in [0.29, 0.717) is 24.8 Å². The predicted molar refractivity (Wildman–Crippen MR) is 125 cm³/mol. The van der Waals surface area contributed by atoms with Crippen molar-refractivity contribution in [3.05, 3.63) is 78.1 Å². The van der Waals surface area contributed by atoms with Crippen molar-refractivity contribution < 1.29 is 24.5 Å². The molecule has 0 fully saturated rings. The van der Waals surface area contributed by atoms with Gasteiger partial charge in [0.2, 0.25) is 5.91 Å². The third-order valence-corrected chi connectivity index (χ3v) is 5.25. The molecular weight excluding hydrogens is 406 g/mol. The summed E-state index contributed by atoms with van der Waals surface area (Å²) in [5.74, 6) is -1.02. The van der Waals surface area contributed by atoms with Gasteiger partial charge in [-0.3, -0.25) is 4.79 Å². The molecule has 1 aromatic carbocycles. The van der Waals surface area contributed by atoms with Crippen LogP contribution in [0.5, 0.6) is 5.75 Å². The van der Waals surface area contributed by atoms with Crippen molar-refractivity contribution in [1.82, 2.24) is 5.32 Å². The van der Waals surface area contributed by atoms with Crippen LogP contribution in [-0.4, -0.2) is 34.3 Å². The minimum atomic E-state index is -0.656. The highest BCUT2D eigenvalue weighted by Crippen LogP contribution is 2.26. The van der Waals surface area contributed by atoms with Crippen molar-refractivity contribution in [2.75, 3.05) is 0 Å². The van der Waals surface area contributed by atoms with Gasteiger partial charge >= 0.3 is 5.97 Å². The SMILES string of the molecule is CCC=CC=CC(=O)NC=CC[C@@H]1C[C@H](O)[C@H](C)CC=CCc2cccc(O)c2C(=O)O1. The minimum Gasteiger partial charge on any atom is -0.507 e. The highest BCUT2D eigenvalue weighted by molar-refractivity contribution is 5.94. The van der Waals surface area contributed by atoms with Crippen LogP contribution in [0.1, 0.15) is 55.5 Å². The summed E-state index contributed by atoms with van der Waals surface area (Å²) in [5, 5.41) is 23.4. The number of hydrogen-bond acceptors (Lipinski definition) is 5. The number of hydrogen-bond donors (Lipinski definition) is 3. The number of rotatable bonds is 6. The van der Waals surface area contributed by atoms with E-state index in [9.17, 15) is 19.8 Å². The molecule has 0 spiro atoms. The summed E-state index contributed by atoms with van der Waals surface area (Å²) in [6.07, 6.45) is 15.3. The van der Waals surface area contributed by atoms with Crippen molar-refractivity contribution in [2.45, 2.75) is 58.2 Å². The molecule has 2 rings (SSSR count). The third kappa shape index (κ3) is 8.19. The third-order valence-electron chi connectivity index (χ3n) is 5.25. The van der Waals surface area contributed by atoms with E-state index in [1.165, 1.54) is 18.3 Å². The number of aliphatic hydroxyl groups excluding tert-OH is 1. The first-order valence-electron chi connectivity index (χ1n) is 11.1. The van der Waals surface area contributed by atoms with Gasteiger partial charge in [0.1, 0.15) is 17.4 Å². The molecule has 6 nitrogen and oxygen atoms in total. The number of phenolic OH excluding ortho intramolecular Hbond substituents is 1. The summed E-state index contributed by atoms with van der Waals surface area (Å²) < 4.78 is 5.68. The fourth-order valence-electron chi connectivity index (χ4n) is 3.34. The van der Waals surface area contributed by atoms with Crippen molar-refractivity contribution in [3.8, 4) is 5.75 Å². The number of cyclic esters (lactones) is 1. The molecular formula is C26H33NO5. The molecule has 1 heterocycles. The van der Waals surface area contributed by atoms with E-state index in [4.69, 9.17) is 4.74 Å². The van der Waals surface area contributed by atoms with Gasteiger partial charge in [-0.05, 0) is 36.8 Å². The van der Waals surface area contributed by atoms with Crippen LogP contribution in [0, 0.1) is 5.92 Å². The number of aromatic hydroxyl groups is 1. The maximum atomic E-state index is 12.9. The van der Waals surface area contributed by atoms with E-state index in [1.807, 2.05) is 32.1 Å². The molecule has 0 saturated heterocycles. The Morgan fingerprint density at radius 1 is 1.25 bits per heavy atom. The Morgan fingerprint density at radius 3 is 2.84 bits per heavy atom. The lowest BCUT2D eigenvalue weighted by Gasteiger charge is -2.24. The van der Waals surface area contributed by atoms with E-state index in [0.717, 1.165) is 6.42 Å². The number of phenols is 1. The standard InChI is InChI=1S/C26H33NO5/c1-3-4-5-6-16-24(30)27-17-10-14-21-18-23(29)19(2)11-7-8-12-20-13-9-15-22(28)25(20)26(31)32-21/h4-10,13,15-17,19,21,23,28-29H,3,11-12,14,18H2,1-2H3,(H,27,30)/t19-,21-,23+/m1/s1. The number of esters is 1. The number of allylic oxidation sites excluding steroid dienone is 5. The van der Waals surface area contributed by atoms with Gasteiger partial charge in [0.25, 0.3) is 0 Å². The Kier molecular flexibility index (Phi) is 10.5. The number of aliphatic hydroxyl groups is 1. The maximum Gasteiger partial charge on any atom is 0.342 e. The molecule has 0 aromatic heterocycles. The molecule has 0 unspecified atom stereocenters. The fraction of sp³-hybridized carbons (Fsp3) is 0.385. The molecule has 0 bridgehead atoms. The molecule has 1 aromatic rings. The van der Waals surface area contributed by atoms with E-state index in [1.54, 1.807) is 30.4 Å². The van der Waals surface area contributed by atoms with Crippen LogP contribution in [0.25, 0.3) is 0 Å². The van der Waals surface area contributed by atoms with E-state index >= 15 is 0 Å². The fourth-order valence-corrected chi connectivity index (χ4v) is 3.34. The molecule has 32 heavy (non-hydrogen) atoms. The first-order valence-corrected chi connectivity index (χ1v) is 11.1. The average Bonchev–Trinajstić information content (AvgIpc) is 2.76. The number of benzene rings is 1. The Bertz CT molecular complexity index is 884. The van der Waals surface area contributed by atoms with Crippen LogP contribution in [0.2, 0.25) is 0 Å². The van der Waals surface area contributed by atoms with Crippen molar-refractivity contribution in [2.24, 2.45) is 5.92 Å². The van der Waals surface area contributed by atoms with Gasteiger partial charge in [0.15, 0.2) is 0 Å². The summed E-state index contributed by atoms with van der Waals surface area (Å²) in [7, 11) is 0. The Labute approximate surface area is 190 Å². The molecule has 172 valence electrons. The summed E-state index contributed by atoms with van der Waals surface area (Å²) in [6, 6.07) is 4.95. The largest absolute Gasteiger partial charge is 0.507 e. The number of carbonyl (C=O) groups excluding carboxylic acids is 2. The van der Waals surface area contributed by atoms with Crippen molar-refractivity contribution in [1.29, 1.82) is 0 Å². The Morgan fingerprint density at radius 2 is 2.06 bits per heavy atom. The van der Waals surface area contributed by atoms with Gasteiger partial charge < -0.3 is 20.3 Å². The van der Waals surface area contributed by atoms with Gasteiger partial charge in [0, 0.05) is 25.1 Å². The van der Waals surface area contributed by atoms with Gasteiger partial charge in [-0.1, -0.05) is 62.4 Å². The molecule has 1 aliphatic heterocycles. The summed E-state index contributed by atoms with van der Waals surface area (Å²) in [4.78, 5) is 24.6. The zero-order chi connectivity index (χ0) is 23.3. The van der Waals surface area contributed by atoms with Crippen LogP contribution in [0.4, 0.5) is 0 Å². The molecule has 0 aliphatic carbocycles. The van der Waals surface area contributed by atoms with Crippen LogP contribution < -0.4 is 5.32 Å². The second-order valence-corrected chi connectivity index (χ2v) is 7.87. The number of nitrogens with one attached hydrogen (secondary N) is 1. The van der Waals surface area contributed by atoms with E-state index < -0.39 is 18.2 Å². The molecule has 6 heteroatoms. The molecule has 0 saturated carbocycles. The smallest absolute Gasteiger partial charge is 0.342 e. The van der Waals surface area contributed by atoms with Crippen molar-refractivity contribution >= 4 is 11.9 Å². The molecule has 1 aliphatic rings. The van der Waals surface area contributed by atoms with Crippen molar-refractivity contribution in [3.63, 3.8) is 0 Å². The summed E-state index contributed by atoms with van der Waals surface area (Å²) in [6.45, 7) is 3.96. The monoisotopic (exact) mass is 439 g/mol. The zero-order valence-corrected chi connectivity index (χ0v) is 18.7. The number of fused-ring (bicyclic) bond motifs is 1. The first kappa shape index (κ1) is 25.1. The second-order valence-electron chi connectivity index (χ2n) is 7.87. The number of amides is 1. The molecule has 1 amide bonds. The lowest BCUT2D eigenvalue weighted by atomic mass is 9.93. The van der Waals surface area contributed by atoms with Gasteiger partial charge in [-0.15, -0.1) is 0 Å². The molecule has 3 N–H and O–H groups in total. The molecule has 3 atom stereocenters. The normalized spacial score (nSPS) is 22.5. The van der Waals surface area contributed by atoms with Gasteiger partial charge in [-0.25, -0.2) is 4.79 Å². The van der Waals surface area contributed by atoms with Crippen LogP contribution in [-0.2, 0) is 16.0 Å². The minimum absolute atomic E-state index is 0.000482. The van der Waals surface area contributed by atoms with Crippen LogP contribution in [0.3, 0.4) is 0 Å². The van der Waals surface area contributed by atoms with E-state index in [-0.39, 0.29) is 29.6 Å². The second kappa shape index (κ2) is 13.3. The van der Waals surface area contributed by atoms with Gasteiger partial charge in [0.05, 0.1) is 6.10 Å². The Balaban J connectivity index is 2.11. The topological polar surface area (TPSA) is 95.9 Å². The predicted octanol–water partition coefficient (Wildman–Crippen LogP) is 4.35. The summed E-state index contributed by atoms with van der Waals surface area (Å²) >= 11 is 0. The highest BCUT2D eigenvalue weighted by atomic mass is 16.5. The summed E-state index contributed by atoms with van der Waals surface area (Å²) in [5.41, 5.74) is 0.832. The van der Waals surface area contributed by atoms with Gasteiger partial charge in [-0.2, -0.15) is 0 Å². The number of ether oxygens (including phenoxy) is 1. The van der Waals surface area contributed by atoms with Crippen LogP contribution >= 0.6 is 0 Å². The quantitative estimate of drug-likeness (QED) is 0.265. The first-order chi connectivity index (χ1) is 15.4. The molecule has 0 radical (unpaired) electrons. The average molecular weight is 440 g/mol. The zero-order valence-electron chi connectivity index (χ0n) is 18.7.